The lowest BCUT2D eigenvalue weighted by atomic mass is 10.4. The highest BCUT2D eigenvalue weighted by atomic mass is 13.6. The van der Waals surface area contributed by atoms with Gasteiger partial charge in [0.05, 0.1) is 5.48 Å². The lowest BCUT2D eigenvalue weighted by Crippen LogP contribution is -1.47. The van der Waals surface area contributed by atoms with E-state index in [2.05, 4.69) is 0 Å². The van der Waals surface area contributed by atoms with E-state index in [1.165, 1.54) is 12.1 Å². The summed E-state index contributed by atoms with van der Waals surface area (Å²) in [7, 11) is 0. The first-order valence-electron chi connectivity index (χ1n) is 3.65. The second kappa shape index (κ2) is 1.61. The maximum Gasteiger partial charge on any atom is 0.0623 e. The molecule has 0 aliphatic heterocycles. The summed E-state index contributed by atoms with van der Waals surface area (Å²) in [6.45, 7) is 0. The Balaban J connectivity index is 3.28. The van der Waals surface area contributed by atoms with Gasteiger partial charge in [0.25, 0.3) is 0 Å². The Hall–Kier alpha value is -0.780. The molecule has 30 valence electrons. The van der Waals surface area contributed by atoms with Gasteiger partial charge in [-0.05, 0) is 0 Å². The van der Waals surface area contributed by atoms with E-state index in [9.17, 15) is 0 Å². The van der Waals surface area contributed by atoms with Gasteiger partial charge >= 0.3 is 0 Å². The number of hydrogen-bond donors (Lipinski definition) is 0. The van der Waals surface area contributed by atoms with Crippen molar-refractivity contribution >= 4 is 0 Å². The minimum Gasteiger partial charge on any atom is -0.0623 e. The van der Waals surface area contributed by atoms with Gasteiger partial charge in [-0.2, -0.15) is 0 Å². The first-order chi connectivity index (χ1) is 4.61. The summed E-state index contributed by atoms with van der Waals surface area (Å²) >= 11 is 0. The number of rotatable bonds is 0. The Labute approximate surface area is 43.1 Å². The number of benzene rings is 1. The molecule has 0 N–H and O–H groups in total. The maximum absolute atomic E-state index is 7.07. The van der Waals surface area contributed by atoms with Gasteiger partial charge < -0.3 is 0 Å². The molecule has 0 aliphatic carbocycles. The quantitative estimate of drug-likeness (QED) is 0.446. The lowest BCUT2D eigenvalue weighted by Gasteiger charge is -1.69. The molecule has 1 aromatic carbocycles. The van der Waals surface area contributed by atoms with Crippen LogP contribution in [-0.4, -0.2) is 0 Å². The molecule has 0 atom stereocenters. The Bertz CT molecular complexity index is 206. The molecule has 6 heavy (non-hydrogen) atoms. The van der Waals surface area contributed by atoms with Crippen LogP contribution < -0.4 is 0 Å². The van der Waals surface area contributed by atoms with Gasteiger partial charge in [-0.3, -0.25) is 0 Å². The van der Waals surface area contributed by atoms with Crippen LogP contribution in [-0.2, 0) is 0 Å². The molecule has 0 amide bonds. The van der Waals surface area contributed by atoms with Crippen molar-refractivity contribution in [3.63, 3.8) is 0 Å². The largest absolute Gasteiger partial charge is 0.0623 e. The third-order valence-electron chi connectivity index (χ3n) is 0.455. The molecule has 0 heteroatoms. The second-order valence-electron chi connectivity index (χ2n) is 0.866. The van der Waals surface area contributed by atoms with E-state index in [0.717, 1.165) is 0 Å². The lowest BCUT2D eigenvalue weighted by molar-refractivity contribution is 1.72. The fraction of sp³-hybridized carbons (Fsp3) is 0. The number of hydrogen-bond acceptors (Lipinski definition) is 0. The van der Waals surface area contributed by atoms with Crippen LogP contribution in [0.15, 0.2) is 36.3 Å². The summed E-state index contributed by atoms with van der Waals surface area (Å²) in [6.07, 6.45) is 0. The normalized spacial score (nSPS) is 17.3. The standard InChI is InChI=1S/C6H6/c1-2-4-6-5-3-1/h1-6H/i1D,2D,5D,6D. The van der Waals surface area contributed by atoms with Crippen LogP contribution in [0.3, 0.4) is 0 Å². The van der Waals surface area contributed by atoms with E-state index >= 15 is 0 Å². The van der Waals surface area contributed by atoms with Crippen molar-refractivity contribution in [2.75, 3.05) is 0 Å². The van der Waals surface area contributed by atoms with Crippen molar-refractivity contribution in [1.82, 2.24) is 0 Å². The predicted octanol–water partition coefficient (Wildman–Crippen LogP) is 1.69. The molecule has 0 heterocycles. The molecule has 0 saturated heterocycles. The van der Waals surface area contributed by atoms with Crippen LogP contribution in [0.1, 0.15) is 5.48 Å². The van der Waals surface area contributed by atoms with Gasteiger partial charge in [-0.25, -0.2) is 0 Å². The van der Waals surface area contributed by atoms with Crippen molar-refractivity contribution < 1.29 is 5.48 Å². The molecular weight excluding hydrogens is 72.1 g/mol. The summed E-state index contributed by atoms with van der Waals surface area (Å²) in [4.78, 5) is 0. The van der Waals surface area contributed by atoms with Crippen LogP contribution >= 0.6 is 0 Å². The monoisotopic (exact) mass is 82.1 g/mol. The Kier molecular flexibility index (Phi) is 0.293. The van der Waals surface area contributed by atoms with Crippen LogP contribution in [0.25, 0.3) is 0 Å². The molecule has 1 aromatic rings. The topological polar surface area (TPSA) is 0 Å². The highest BCUT2D eigenvalue weighted by molar-refractivity contribution is 4.99. The molecule has 0 fully saturated rings. The average Bonchev–Trinajstić information content (AvgIpc) is 1.84. The van der Waals surface area contributed by atoms with Crippen molar-refractivity contribution in [2.24, 2.45) is 0 Å². The van der Waals surface area contributed by atoms with Crippen molar-refractivity contribution in [1.29, 1.82) is 0 Å². The molecule has 0 unspecified atom stereocenters. The van der Waals surface area contributed by atoms with Gasteiger partial charge in [-0.1, -0.05) is 36.3 Å². The average molecular weight is 82.1 g/mol. The highest BCUT2D eigenvalue weighted by Gasteiger charge is 1.57. The Morgan fingerprint density at radius 2 is 1.17 bits per heavy atom. The van der Waals surface area contributed by atoms with Crippen LogP contribution in [0.2, 0.25) is 0 Å². The zero-order valence-corrected chi connectivity index (χ0v) is 3.15. The van der Waals surface area contributed by atoms with Gasteiger partial charge in [0, 0.05) is 0 Å². The smallest absolute Gasteiger partial charge is 0.0623 e. The van der Waals surface area contributed by atoms with E-state index in [-0.39, 0.29) is 24.2 Å². The van der Waals surface area contributed by atoms with Gasteiger partial charge in [-0.15, -0.1) is 0 Å². The third kappa shape index (κ3) is 0.582. The highest BCUT2D eigenvalue weighted by Crippen LogP contribution is 1.79. The SMILES string of the molecule is [2H]c1cc([2H])c([2H])cc1[2H]. The minimum absolute atomic E-state index is 0.000926. The molecule has 0 spiro atoms. The Morgan fingerprint density at radius 1 is 0.833 bits per heavy atom. The fourth-order valence-electron chi connectivity index (χ4n) is 0.239. The van der Waals surface area contributed by atoms with Crippen molar-refractivity contribution in [3.8, 4) is 0 Å². The van der Waals surface area contributed by atoms with Gasteiger partial charge in [0.1, 0.15) is 0 Å². The van der Waals surface area contributed by atoms with E-state index in [1.807, 2.05) is 0 Å². The van der Waals surface area contributed by atoms with E-state index in [0.29, 0.717) is 0 Å². The van der Waals surface area contributed by atoms with Crippen LogP contribution in [0.4, 0.5) is 0 Å². The van der Waals surface area contributed by atoms with Crippen molar-refractivity contribution in [2.45, 2.75) is 0 Å². The molecule has 0 radical (unpaired) electrons. The van der Waals surface area contributed by atoms with E-state index in [4.69, 9.17) is 5.48 Å². The summed E-state index contributed by atoms with van der Waals surface area (Å²) in [5, 5.41) is 0. The van der Waals surface area contributed by atoms with E-state index in [1.54, 1.807) is 0 Å². The predicted molar refractivity (Wildman–Crippen MR) is 26.4 cm³/mol. The molecule has 0 aliphatic rings. The third-order valence-corrected chi connectivity index (χ3v) is 0.455. The fourth-order valence-corrected chi connectivity index (χ4v) is 0.239. The van der Waals surface area contributed by atoms with E-state index < -0.39 is 0 Å². The Morgan fingerprint density at radius 3 is 1.50 bits per heavy atom. The second-order valence-corrected chi connectivity index (χ2v) is 0.866. The first kappa shape index (κ1) is 1.09. The first-order valence-corrected chi connectivity index (χ1v) is 1.65. The van der Waals surface area contributed by atoms with Gasteiger partial charge in [0.15, 0.2) is 0 Å². The summed E-state index contributed by atoms with van der Waals surface area (Å²) in [6, 6.07) is 2.40. The molecule has 0 saturated carbocycles. The molecule has 1 rings (SSSR count). The molecule has 0 bridgehead atoms. The summed E-state index contributed by atoms with van der Waals surface area (Å²) < 4.78 is 28.3. The van der Waals surface area contributed by atoms with Crippen LogP contribution in [0.5, 0.6) is 0 Å². The minimum atomic E-state index is 0.000926. The van der Waals surface area contributed by atoms with Gasteiger partial charge in [0.2, 0.25) is 0 Å². The zero-order valence-electron chi connectivity index (χ0n) is 7.15. The summed E-state index contributed by atoms with van der Waals surface area (Å²) in [5.74, 6) is 0. The van der Waals surface area contributed by atoms with Crippen LogP contribution in [0, 0.1) is 0 Å². The zero-order chi connectivity index (χ0) is 7.72. The molecule has 0 aromatic heterocycles. The maximum atomic E-state index is 7.07. The molecular formula is C6H6. The summed E-state index contributed by atoms with van der Waals surface area (Å²) in [5.41, 5.74) is 0. The molecule has 0 nitrogen and oxygen atoms in total. The van der Waals surface area contributed by atoms with Crippen molar-refractivity contribution in [3.05, 3.63) is 36.3 Å².